The van der Waals surface area contributed by atoms with Crippen LogP contribution in [0.3, 0.4) is 0 Å². The number of hydrogen-bond donors (Lipinski definition) is 2. The van der Waals surface area contributed by atoms with Crippen LogP contribution in [-0.4, -0.2) is 25.0 Å². The summed E-state index contributed by atoms with van der Waals surface area (Å²) in [5.41, 5.74) is 4.88. The molecule has 0 aromatic heterocycles. The van der Waals surface area contributed by atoms with Crippen LogP contribution in [0, 0.1) is 0 Å². The summed E-state index contributed by atoms with van der Waals surface area (Å²) < 4.78 is 5.24. The van der Waals surface area contributed by atoms with E-state index < -0.39 is 0 Å². The Morgan fingerprint density at radius 2 is 1.90 bits per heavy atom. The van der Waals surface area contributed by atoms with Crippen molar-refractivity contribution in [1.29, 1.82) is 0 Å². The first-order valence-corrected chi connectivity index (χ1v) is 7.21. The van der Waals surface area contributed by atoms with E-state index in [4.69, 9.17) is 17.0 Å². The van der Waals surface area contributed by atoms with Crippen molar-refractivity contribution in [3.05, 3.63) is 42.0 Å². The van der Waals surface area contributed by atoms with Gasteiger partial charge in [-0.25, -0.2) is 0 Å². The van der Waals surface area contributed by atoms with E-state index in [1.807, 2.05) is 12.1 Å². The summed E-state index contributed by atoms with van der Waals surface area (Å²) in [5, 5.41) is 10.0. The Bertz CT molecular complexity index is 682. The molecule has 2 aromatic carbocycles. The van der Waals surface area contributed by atoms with Crippen LogP contribution >= 0.6 is 12.2 Å². The van der Waals surface area contributed by atoms with E-state index in [0.717, 1.165) is 34.2 Å². The van der Waals surface area contributed by atoms with E-state index in [1.54, 1.807) is 14.2 Å². The molecule has 0 amide bonds. The van der Waals surface area contributed by atoms with Crippen molar-refractivity contribution in [2.24, 2.45) is 5.10 Å². The van der Waals surface area contributed by atoms with E-state index in [0.29, 0.717) is 5.11 Å². The summed E-state index contributed by atoms with van der Waals surface area (Å²) in [6.07, 6.45) is 0.820. The van der Waals surface area contributed by atoms with Crippen molar-refractivity contribution in [3.63, 3.8) is 0 Å². The van der Waals surface area contributed by atoms with Gasteiger partial charge in [0, 0.05) is 7.05 Å². The molecule has 2 rings (SSSR count). The number of methoxy groups -OCH3 is 1. The van der Waals surface area contributed by atoms with Crippen LogP contribution in [-0.2, 0) is 0 Å². The Morgan fingerprint density at radius 1 is 1.19 bits per heavy atom. The SMILES string of the molecule is CC/C(=N/NC(=S)NC)c1ccc2cc(OC)ccc2c1. The third-order valence-corrected chi connectivity index (χ3v) is 3.53. The third-order valence-electron chi connectivity index (χ3n) is 3.23. The molecule has 5 heteroatoms. The van der Waals surface area contributed by atoms with Gasteiger partial charge in [-0.1, -0.05) is 25.1 Å². The summed E-state index contributed by atoms with van der Waals surface area (Å²) in [6.45, 7) is 2.07. The lowest BCUT2D eigenvalue weighted by atomic mass is 10.0. The molecule has 0 radical (unpaired) electrons. The molecule has 4 nitrogen and oxygen atoms in total. The maximum absolute atomic E-state index is 5.24. The summed E-state index contributed by atoms with van der Waals surface area (Å²) in [4.78, 5) is 0. The van der Waals surface area contributed by atoms with Crippen LogP contribution in [0.25, 0.3) is 10.8 Å². The molecule has 21 heavy (non-hydrogen) atoms. The van der Waals surface area contributed by atoms with E-state index >= 15 is 0 Å². The largest absolute Gasteiger partial charge is 0.497 e. The second-order valence-electron chi connectivity index (χ2n) is 4.53. The lowest BCUT2D eigenvalue weighted by Crippen LogP contribution is -2.29. The maximum Gasteiger partial charge on any atom is 0.186 e. The van der Waals surface area contributed by atoms with Crippen molar-refractivity contribution in [2.45, 2.75) is 13.3 Å². The molecule has 0 saturated carbocycles. The third kappa shape index (κ3) is 3.70. The number of thiocarbonyl (C=S) groups is 1. The topological polar surface area (TPSA) is 45.7 Å². The molecule has 0 atom stereocenters. The van der Waals surface area contributed by atoms with Gasteiger partial charge in [0.1, 0.15) is 5.75 Å². The summed E-state index contributed by atoms with van der Waals surface area (Å²) >= 11 is 5.03. The smallest absolute Gasteiger partial charge is 0.186 e. The van der Waals surface area contributed by atoms with E-state index in [1.165, 1.54) is 0 Å². The normalized spacial score (nSPS) is 11.3. The quantitative estimate of drug-likeness (QED) is 0.517. The van der Waals surface area contributed by atoms with Crippen LogP contribution in [0.1, 0.15) is 18.9 Å². The average molecular weight is 301 g/mol. The van der Waals surface area contributed by atoms with Crippen LogP contribution in [0.5, 0.6) is 5.75 Å². The standard InChI is InChI=1S/C16H19N3OS/c1-4-15(18-19-16(21)17-2)13-6-5-12-10-14(20-3)8-7-11(12)9-13/h5-10H,4H2,1-3H3,(H2,17,19,21)/b18-15-. The molecule has 0 bridgehead atoms. The Morgan fingerprint density at radius 3 is 2.57 bits per heavy atom. The highest BCUT2D eigenvalue weighted by Gasteiger charge is 2.04. The first-order chi connectivity index (χ1) is 10.2. The first kappa shape index (κ1) is 15.3. The molecule has 0 spiro atoms. The number of rotatable bonds is 4. The molecule has 2 N–H and O–H groups in total. The van der Waals surface area contributed by atoms with Crippen LogP contribution in [0.2, 0.25) is 0 Å². The van der Waals surface area contributed by atoms with Crippen molar-refractivity contribution in [3.8, 4) is 5.75 Å². The maximum atomic E-state index is 5.24. The molecule has 0 aliphatic carbocycles. The molecule has 0 fully saturated rings. The van der Waals surface area contributed by atoms with Gasteiger partial charge in [-0.05, 0) is 53.2 Å². The zero-order valence-electron chi connectivity index (χ0n) is 12.4. The fourth-order valence-corrected chi connectivity index (χ4v) is 2.10. The second-order valence-corrected chi connectivity index (χ2v) is 4.94. The van der Waals surface area contributed by atoms with Crippen LogP contribution in [0.4, 0.5) is 0 Å². The molecule has 2 aromatic rings. The molecular formula is C16H19N3OS. The summed E-state index contributed by atoms with van der Waals surface area (Å²) in [5.74, 6) is 0.862. The molecule has 0 unspecified atom stereocenters. The van der Waals surface area contributed by atoms with Gasteiger partial charge in [0.15, 0.2) is 5.11 Å². The van der Waals surface area contributed by atoms with E-state index in [9.17, 15) is 0 Å². The number of nitrogens with zero attached hydrogens (tertiary/aromatic N) is 1. The molecule has 0 saturated heterocycles. The van der Waals surface area contributed by atoms with Gasteiger partial charge >= 0.3 is 0 Å². The van der Waals surface area contributed by atoms with Gasteiger partial charge in [0.2, 0.25) is 0 Å². The second kappa shape index (κ2) is 7.04. The number of benzene rings is 2. The lowest BCUT2D eigenvalue weighted by Gasteiger charge is -2.08. The Hall–Kier alpha value is -2.14. The minimum Gasteiger partial charge on any atom is -0.497 e. The fourth-order valence-electron chi connectivity index (χ4n) is 2.05. The Kier molecular flexibility index (Phi) is 5.11. The van der Waals surface area contributed by atoms with Crippen LogP contribution < -0.4 is 15.5 Å². The zero-order chi connectivity index (χ0) is 15.2. The van der Waals surface area contributed by atoms with Crippen molar-refractivity contribution in [1.82, 2.24) is 10.7 Å². The minimum atomic E-state index is 0.506. The number of nitrogens with one attached hydrogen (secondary N) is 2. The minimum absolute atomic E-state index is 0.506. The predicted octanol–water partition coefficient (Wildman–Crippen LogP) is 3.06. The number of hydrogen-bond acceptors (Lipinski definition) is 3. The monoisotopic (exact) mass is 301 g/mol. The van der Waals surface area contributed by atoms with Crippen molar-refractivity contribution in [2.75, 3.05) is 14.2 Å². The predicted molar refractivity (Wildman–Crippen MR) is 92.1 cm³/mol. The number of fused-ring (bicyclic) bond motifs is 1. The highest BCUT2D eigenvalue weighted by Crippen LogP contribution is 2.22. The van der Waals surface area contributed by atoms with Gasteiger partial charge in [0.05, 0.1) is 12.8 Å². The van der Waals surface area contributed by atoms with Gasteiger partial charge < -0.3 is 10.1 Å². The average Bonchev–Trinajstić information content (AvgIpc) is 2.54. The van der Waals surface area contributed by atoms with E-state index in [2.05, 4.69) is 47.0 Å². The summed E-state index contributed by atoms with van der Waals surface area (Å²) in [6, 6.07) is 12.3. The van der Waals surface area contributed by atoms with Crippen LogP contribution in [0.15, 0.2) is 41.5 Å². The Labute approximate surface area is 130 Å². The van der Waals surface area contributed by atoms with Gasteiger partial charge in [0.25, 0.3) is 0 Å². The van der Waals surface area contributed by atoms with Crippen molar-refractivity contribution >= 4 is 33.8 Å². The number of hydrazone groups is 1. The summed E-state index contributed by atoms with van der Waals surface area (Å²) in [7, 11) is 3.44. The Balaban J connectivity index is 2.34. The molecule has 0 aliphatic heterocycles. The number of ether oxygens (including phenoxy) is 1. The highest BCUT2D eigenvalue weighted by atomic mass is 32.1. The first-order valence-electron chi connectivity index (χ1n) is 6.80. The molecule has 0 aliphatic rings. The van der Waals surface area contributed by atoms with Gasteiger partial charge in [-0.2, -0.15) is 5.10 Å². The molecule has 110 valence electrons. The zero-order valence-corrected chi connectivity index (χ0v) is 13.3. The van der Waals surface area contributed by atoms with Gasteiger partial charge in [-0.15, -0.1) is 0 Å². The fraction of sp³-hybridized carbons (Fsp3) is 0.250. The molecular weight excluding hydrogens is 282 g/mol. The highest BCUT2D eigenvalue weighted by molar-refractivity contribution is 7.80. The van der Waals surface area contributed by atoms with Gasteiger partial charge in [-0.3, -0.25) is 5.43 Å². The van der Waals surface area contributed by atoms with E-state index in [-0.39, 0.29) is 0 Å². The lowest BCUT2D eigenvalue weighted by molar-refractivity contribution is 0.415. The molecule has 0 heterocycles. The van der Waals surface area contributed by atoms with Crippen molar-refractivity contribution < 1.29 is 4.74 Å².